The van der Waals surface area contributed by atoms with Crippen LogP contribution in [0.5, 0.6) is 0 Å². The van der Waals surface area contributed by atoms with Gasteiger partial charge in [-0.1, -0.05) is 0 Å². The van der Waals surface area contributed by atoms with Gasteiger partial charge in [-0.05, 0) is 45.4 Å². The largest absolute Gasteiger partial charge is 0.326 e. The highest BCUT2D eigenvalue weighted by Crippen LogP contribution is 2.27. The van der Waals surface area contributed by atoms with Gasteiger partial charge in [0.1, 0.15) is 0 Å². The predicted octanol–water partition coefficient (Wildman–Crippen LogP) is 2.15. The maximum atomic E-state index is 12.2. The molecular formula is C14H19N3O3. The maximum absolute atomic E-state index is 12.2. The quantitative estimate of drug-likeness (QED) is 0.655. The summed E-state index contributed by atoms with van der Waals surface area (Å²) in [6.45, 7) is 6.27. The number of aryl methyl sites for hydroxylation is 2. The van der Waals surface area contributed by atoms with Gasteiger partial charge >= 0.3 is 0 Å². The summed E-state index contributed by atoms with van der Waals surface area (Å²) in [4.78, 5) is 22.7. The lowest BCUT2D eigenvalue weighted by Crippen LogP contribution is -2.32. The molecule has 1 aliphatic heterocycles. The molecule has 1 amide bonds. The highest BCUT2D eigenvalue weighted by molar-refractivity contribution is 5.94. The van der Waals surface area contributed by atoms with Crippen LogP contribution in [-0.2, 0) is 4.79 Å². The number of hydrogen-bond acceptors (Lipinski definition) is 4. The highest BCUT2D eigenvalue weighted by Gasteiger charge is 2.29. The van der Waals surface area contributed by atoms with E-state index in [9.17, 15) is 14.9 Å². The molecular weight excluding hydrogens is 258 g/mol. The molecule has 2 unspecified atom stereocenters. The average Bonchev–Trinajstić information content (AvgIpc) is 2.79. The van der Waals surface area contributed by atoms with Gasteiger partial charge in [0.25, 0.3) is 5.69 Å². The first-order chi connectivity index (χ1) is 9.40. The van der Waals surface area contributed by atoms with Crippen molar-refractivity contribution in [1.82, 2.24) is 5.32 Å². The predicted molar refractivity (Wildman–Crippen MR) is 76.8 cm³/mol. The molecule has 1 aromatic carbocycles. The number of nitrogens with zero attached hydrogens (tertiary/aromatic N) is 1. The van der Waals surface area contributed by atoms with Crippen LogP contribution in [0, 0.1) is 29.9 Å². The van der Waals surface area contributed by atoms with E-state index in [1.807, 2.05) is 6.92 Å². The van der Waals surface area contributed by atoms with Crippen molar-refractivity contribution in [3.8, 4) is 0 Å². The van der Waals surface area contributed by atoms with E-state index in [4.69, 9.17) is 0 Å². The fourth-order valence-corrected chi connectivity index (χ4v) is 2.57. The van der Waals surface area contributed by atoms with Gasteiger partial charge in [0, 0.05) is 23.4 Å². The molecule has 108 valence electrons. The summed E-state index contributed by atoms with van der Waals surface area (Å²) in [5.41, 5.74) is 1.98. The first kappa shape index (κ1) is 14.5. The molecule has 6 heteroatoms. The van der Waals surface area contributed by atoms with Crippen LogP contribution >= 0.6 is 0 Å². The summed E-state index contributed by atoms with van der Waals surface area (Å²) in [5.74, 6) is -0.0799. The number of rotatable bonds is 3. The third-order valence-electron chi connectivity index (χ3n) is 3.86. The zero-order valence-corrected chi connectivity index (χ0v) is 11.9. The second-order valence-corrected chi connectivity index (χ2v) is 5.34. The minimum atomic E-state index is -0.406. The van der Waals surface area contributed by atoms with Crippen LogP contribution in [0.1, 0.15) is 24.5 Å². The number of benzene rings is 1. The Balaban J connectivity index is 2.19. The average molecular weight is 277 g/mol. The number of anilines is 1. The van der Waals surface area contributed by atoms with Crippen molar-refractivity contribution in [2.45, 2.75) is 33.2 Å². The summed E-state index contributed by atoms with van der Waals surface area (Å²) >= 11 is 0. The molecule has 1 aromatic rings. The summed E-state index contributed by atoms with van der Waals surface area (Å²) < 4.78 is 0. The van der Waals surface area contributed by atoms with Gasteiger partial charge < -0.3 is 10.6 Å². The van der Waals surface area contributed by atoms with E-state index in [1.54, 1.807) is 19.9 Å². The van der Waals surface area contributed by atoms with Crippen LogP contribution in [0.2, 0.25) is 0 Å². The monoisotopic (exact) mass is 277 g/mol. The van der Waals surface area contributed by atoms with Crippen LogP contribution in [-0.4, -0.2) is 23.4 Å². The normalized spacial score (nSPS) is 21.8. The molecule has 20 heavy (non-hydrogen) atoms. The minimum Gasteiger partial charge on any atom is -0.326 e. The Kier molecular flexibility index (Phi) is 4.04. The molecule has 2 N–H and O–H groups in total. The second kappa shape index (κ2) is 5.58. The summed E-state index contributed by atoms with van der Waals surface area (Å²) in [6, 6.07) is 3.33. The van der Waals surface area contributed by atoms with Gasteiger partial charge in [0.15, 0.2) is 0 Å². The van der Waals surface area contributed by atoms with Crippen LogP contribution in [0.25, 0.3) is 0 Å². The first-order valence-corrected chi connectivity index (χ1v) is 6.70. The van der Waals surface area contributed by atoms with Crippen molar-refractivity contribution in [2.24, 2.45) is 5.92 Å². The smallest absolute Gasteiger partial charge is 0.272 e. The third kappa shape index (κ3) is 2.80. The minimum absolute atomic E-state index is 0.0288. The lowest BCUT2D eigenvalue weighted by Gasteiger charge is -2.16. The molecule has 1 aliphatic rings. The van der Waals surface area contributed by atoms with Crippen molar-refractivity contribution in [3.05, 3.63) is 33.4 Å². The highest BCUT2D eigenvalue weighted by atomic mass is 16.6. The number of nitro benzene ring substituents is 1. The molecule has 0 radical (unpaired) electrons. The topological polar surface area (TPSA) is 84.3 Å². The van der Waals surface area contributed by atoms with E-state index >= 15 is 0 Å². The maximum Gasteiger partial charge on any atom is 0.272 e. The molecule has 6 nitrogen and oxygen atoms in total. The van der Waals surface area contributed by atoms with Crippen molar-refractivity contribution in [2.75, 3.05) is 11.9 Å². The number of carbonyl (C=O) groups excluding carboxylic acids is 1. The van der Waals surface area contributed by atoms with Crippen molar-refractivity contribution < 1.29 is 9.72 Å². The Bertz CT molecular complexity index is 557. The molecule has 0 spiro atoms. The number of amides is 1. The standard InChI is InChI=1S/C14H19N3O3/c1-8-7-13(17(19)20)9(2)6-12(8)16-14(18)11-4-5-15-10(11)3/h6-7,10-11,15H,4-5H2,1-3H3,(H,16,18). The van der Waals surface area contributed by atoms with Crippen molar-refractivity contribution in [3.63, 3.8) is 0 Å². The third-order valence-corrected chi connectivity index (χ3v) is 3.86. The number of nitrogens with one attached hydrogen (secondary N) is 2. The van der Waals surface area contributed by atoms with E-state index in [1.165, 1.54) is 6.07 Å². The number of hydrogen-bond donors (Lipinski definition) is 2. The zero-order chi connectivity index (χ0) is 14.9. The van der Waals surface area contributed by atoms with Gasteiger partial charge in [-0.3, -0.25) is 14.9 Å². The summed E-state index contributed by atoms with van der Waals surface area (Å²) in [7, 11) is 0. The molecule has 1 heterocycles. The van der Waals surface area contributed by atoms with Gasteiger partial charge in [-0.2, -0.15) is 0 Å². The van der Waals surface area contributed by atoms with E-state index in [2.05, 4.69) is 10.6 Å². The molecule has 0 saturated carbocycles. The van der Waals surface area contributed by atoms with Crippen LogP contribution in [0.4, 0.5) is 11.4 Å². The zero-order valence-electron chi connectivity index (χ0n) is 11.9. The summed E-state index contributed by atoms with van der Waals surface area (Å²) in [5, 5.41) is 17.0. The number of nitro groups is 1. The molecule has 0 bridgehead atoms. The van der Waals surface area contributed by atoms with Gasteiger partial charge in [0.2, 0.25) is 5.91 Å². The van der Waals surface area contributed by atoms with Crippen LogP contribution < -0.4 is 10.6 Å². The molecule has 0 aromatic heterocycles. The second-order valence-electron chi connectivity index (χ2n) is 5.34. The summed E-state index contributed by atoms with van der Waals surface area (Å²) in [6.07, 6.45) is 0.817. The molecule has 1 fully saturated rings. The lowest BCUT2D eigenvalue weighted by molar-refractivity contribution is -0.385. The molecule has 0 aliphatic carbocycles. The Labute approximate surface area is 117 Å². The van der Waals surface area contributed by atoms with E-state index in [0.717, 1.165) is 13.0 Å². The van der Waals surface area contributed by atoms with Crippen molar-refractivity contribution >= 4 is 17.3 Å². The fraction of sp³-hybridized carbons (Fsp3) is 0.500. The Morgan fingerprint density at radius 2 is 2.10 bits per heavy atom. The van der Waals surface area contributed by atoms with E-state index < -0.39 is 4.92 Å². The van der Waals surface area contributed by atoms with E-state index in [0.29, 0.717) is 16.8 Å². The molecule has 2 rings (SSSR count). The first-order valence-electron chi connectivity index (χ1n) is 6.70. The fourth-order valence-electron chi connectivity index (χ4n) is 2.57. The number of carbonyl (C=O) groups is 1. The van der Waals surface area contributed by atoms with Gasteiger partial charge in [-0.15, -0.1) is 0 Å². The van der Waals surface area contributed by atoms with Gasteiger partial charge in [0.05, 0.1) is 10.8 Å². The van der Waals surface area contributed by atoms with Crippen LogP contribution in [0.3, 0.4) is 0 Å². The SMILES string of the molecule is Cc1cc([N+](=O)[O-])c(C)cc1NC(=O)C1CCNC1C. The Hall–Kier alpha value is -1.95. The molecule has 1 saturated heterocycles. The van der Waals surface area contributed by atoms with Crippen molar-refractivity contribution in [1.29, 1.82) is 0 Å². The Morgan fingerprint density at radius 3 is 2.65 bits per heavy atom. The molecule has 2 atom stereocenters. The van der Waals surface area contributed by atoms with Crippen LogP contribution in [0.15, 0.2) is 12.1 Å². The van der Waals surface area contributed by atoms with E-state index in [-0.39, 0.29) is 23.6 Å². The van der Waals surface area contributed by atoms with Gasteiger partial charge in [-0.25, -0.2) is 0 Å². The lowest BCUT2D eigenvalue weighted by atomic mass is 10.0. The Morgan fingerprint density at radius 1 is 1.40 bits per heavy atom.